The molecule has 0 saturated heterocycles. The molecule has 0 radical (unpaired) electrons. The average molecular weight is 405 g/mol. The van der Waals surface area contributed by atoms with E-state index in [1.165, 1.54) is 0 Å². The Labute approximate surface area is 175 Å². The number of aromatic carboxylic acids is 1. The van der Waals surface area contributed by atoms with Gasteiger partial charge in [0.05, 0.1) is 26.3 Å². The minimum Gasteiger partial charge on any atom is -0.497 e. The van der Waals surface area contributed by atoms with Crippen LogP contribution in [0.2, 0.25) is 0 Å². The minimum atomic E-state index is -0.951. The van der Waals surface area contributed by atoms with E-state index < -0.39 is 5.97 Å². The Hall–Kier alpha value is -3.80. The van der Waals surface area contributed by atoms with Crippen LogP contribution in [0.3, 0.4) is 0 Å². The monoisotopic (exact) mass is 405 g/mol. The molecule has 3 rings (SSSR count). The summed E-state index contributed by atoms with van der Waals surface area (Å²) in [5.41, 5.74) is 3.10. The summed E-state index contributed by atoms with van der Waals surface area (Å²) in [5, 5.41) is 8.96. The van der Waals surface area contributed by atoms with Gasteiger partial charge in [0.1, 0.15) is 12.4 Å². The van der Waals surface area contributed by atoms with Gasteiger partial charge in [0, 0.05) is 6.21 Å². The summed E-state index contributed by atoms with van der Waals surface area (Å²) in [5.74, 6) is 1.08. The first-order chi connectivity index (χ1) is 14.6. The number of ether oxygens (including phenoxy) is 3. The molecular formula is C24H23NO5. The van der Waals surface area contributed by atoms with Crippen LogP contribution < -0.4 is 14.2 Å². The van der Waals surface area contributed by atoms with Crippen molar-refractivity contribution >= 4 is 12.2 Å². The first-order valence-electron chi connectivity index (χ1n) is 9.35. The highest BCUT2D eigenvalue weighted by atomic mass is 16.5. The molecule has 0 amide bonds. The van der Waals surface area contributed by atoms with Crippen molar-refractivity contribution in [2.75, 3.05) is 14.2 Å². The van der Waals surface area contributed by atoms with Crippen molar-refractivity contribution in [3.8, 4) is 17.2 Å². The number of aliphatic imine (C=N–C) groups is 1. The van der Waals surface area contributed by atoms with Gasteiger partial charge in [-0.1, -0.05) is 24.3 Å². The normalized spacial score (nSPS) is 10.7. The summed E-state index contributed by atoms with van der Waals surface area (Å²) in [6.45, 7) is 0.873. The molecule has 0 fully saturated rings. The van der Waals surface area contributed by atoms with Crippen LogP contribution in [0.15, 0.2) is 71.7 Å². The summed E-state index contributed by atoms with van der Waals surface area (Å²) < 4.78 is 16.4. The van der Waals surface area contributed by atoms with Crippen molar-refractivity contribution in [1.29, 1.82) is 0 Å². The van der Waals surface area contributed by atoms with E-state index in [2.05, 4.69) is 4.99 Å². The Bertz CT molecular complexity index is 1010. The molecule has 0 atom stereocenters. The molecule has 1 N–H and O–H groups in total. The quantitative estimate of drug-likeness (QED) is 0.527. The van der Waals surface area contributed by atoms with Crippen LogP contribution in [0.5, 0.6) is 17.2 Å². The Kier molecular flexibility index (Phi) is 7.05. The Balaban J connectivity index is 1.61. The topological polar surface area (TPSA) is 77.4 Å². The second-order valence-electron chi connectivity index (χ2n) is 6.52. The predicted octanol–water partition coefficient (Wildman–Crippen LogP) is 4.60. The zero-order chi connectivity index (χ0) is 21.3. The smallest absolute Gasteiger partial charge is 0.335 e. The van der Waals surface area contributed by atoms with Gasteiger partial charge in [0.25, 0.3) is 0 Å². The molecule has 3 aromatic rings. The van der Waals surface area contributed by atoms with Crippen LogP contribution >= 0.6 is 0 Å². The first kappa shape index (κ1) is 20.9. The van der Waals surface area contributed by atoms with Crippen LogP contribution in [-0.4, -0.2) is 31.5 Å². The number of benzene rings is 3. The lowest BCUT2D eigenvalue weighted by Crippen LogP contribution is -2.00. The van der Waals surface area contributed by atoms with Crippen molar-refractivity contribution < 1.29 is 24.1 Å². The van der Waals surface area contributed by atoms with E-state index in [1.54, 1.807) is 44.7 Å². The van der Waals surface area contributed by atoms with E-state index in [0.717, 1.165) is 22.4 Å². The van der Waals surface area contributed by atoms with Gasteiger partial charge >= 0.3 is 5.97 Å². The number of methoxy groups -OCH3 is 2. The Morgan fingerprint density at radius 1 is 0.900 bits per heavy atom. The molecular weight excluding hydrogens is 382 g/mol. The van der Waals surface area contributed by atoms with E-state index in [4.69, 9.17) is 19.3 Å². The highest BCUT2D eigenvalue weighted by molar-refractivity contribution is 5.87. The molecule has 0 saturated carbocycles. The fourth-order valence-corrected chi connectivity index (χ4v) is 2.78. The molecule has 0 heterocycles. The van der Waals surface area contributed by atoms with Crippen LogP contribution in [0.25, 0.3) is 0 Å². The van der Waals surface area contributed by atoms with Crippen molar-refractivity contribution in [3.05, 3.63) is 89.0 Å². The highest BCUT2D eigenvalue weighted by Gasteiger charge is 2.07. The number of hydrogen-bond acceptors (Lipinski definition) is 5. The molecule has 154 valence electrons. The van der Waals surface area contributed by atoms with Gasteiger partial charge in [-0.3, -0.25) is 4.99 Å². The average Bonchev–Trinajstić information content (AvgIpc) is 2.78. The number of hydrogen-bond donors (Lipinski definition) is 1. The van der Waals surface area contributed by atoms with Gasteiger partial charge in [-0.05, 0) is 59.2 Å². The first-order valence-corrected chi connectivity index (χ1v) is 9.35. The molecule has 0 unspecified atom stereocenters. The lowest BCUT2D eigenvalue weighted by Gasteiger charge is -2.11. The zero-order valence-corrected chi connectivity index (χ0v) is 16.9. The SMILES string of the molecule is COc1ccc(CN=Cc2ccc(OCc3ccc(C(=O)O)cc3)c(OC)c2)cc1. The largest absolute Gasteiger partial charge is 0.497 e. The minimum absolute atomic E-state index is 0.245. The van der Waals surface area contributed by atoms with Crippen molar-refractivity contribution in [2.24, 2.45) is 4.99 Å². The molecule has 30 heavy (non-hydrogen) atoms. The molecule has 6 heteroatoms. The van der Waals surface area contributed by atoms with Gasteiger partial charge in [-0.25, -0.2) is 4.79 Å². The van der Waals surface area contributed by atoms with E-state index in [1.807, 2.05) is 42.5 Å². The van der Waals surface area contributed by atoms with Crippen molar-refractivity contribution in [1.82, 2.24) is 0 Å². The molecule has 0 aliphatic heterocycles. The molecule has 0 aliphatic rings. The zero-order valence-electron chi connectivity index (χ0n) is 16.9. The maximum absolute atomic E-state index is 10.9. The predicted molar refractivity (Wildman–Crippen MR) is 115 cm³/mol. The number of carboxylic acid groups (broad SMARTS) is 1. The maximum Gasteiger partial charge on any atom is 0.335 e. The van der Waals surface area contributed by atoms with Gasteiger partial charge in [0.15, 0.2) is 11.5 Å². The van der Waals surface area contributed by atoms with Gasteiger partial charge in [-0.15, -0.1) is 0 Å². The van der Waals surface area contributed by atoms with Crippen molar-refractivity contribution in [2.45, 2.75) is 13.2 Å². The Morgan fingerprint density at radius 2 is 1.60 bits per heavy atom. The fraction of sp³-hybridized carbons (Fsp3) is 0.167. The standard InChI is InChI=1S/C24H23NO5/c1-28-21-10-5-17(6-11-21)14-25-15-19-7-12-22(23(13-19)29-2)30-16-18-3-8-20(9-4-18)24(26)27/h3-13,15H,14,16H2,1-2H3,(H,26,27). The third kappa shape index (κ3) is 5.61. The van der Waals surface area contributed by atoms with Crippen LogP contribution in [-0.2, 0) is 13.2 Å². The maximum atomic E-state index is 10.9. The number of carboxylic acids is 1. The van der Waals surface area contributed by atoms with E-state index in [9.17, 15) is 4.79 Å². The Morgan fingerprint density at radius 3 is 2.23 bits per heavy atom. The lowest BCUT2D eigenvalue weighted by atomic mass is 10.1. The molecule has 0 bridgehead atoms. The van der Waals surface area contributed by atoms with Gasteiger partial charge in [0.2, 0.25) is 0 Å². The number of nitrogens with zero attached hydrogens (tertiary/aromatic N) is 1. The van der Waals surface area contributed by atoms with E-state index >= 15 is 0 Å². The summed E-state index contributed by atoms with van der Waals surface area (Å²) in [6.07, 6.45) is 1.79. The van der Waals surface area contributed by atoms with Crippen LogP contribution in [0.1, 0.15) is 27.0 Å². The molecule has 3 aromatic carbocycles. The van der Waals surface area contributed by atoms with E-state index in [-0.39, 0.29) is 5.56 Å². The summed E-state index contributed by atoms with van der Waals surface area (Å²) in [4.78, 5) is 15.4. The molecule has 6 nitrogen and oxygen atoms in total. The second kappa shape index (κ2) is 10.1. The van der Waals surface area contributed by atoms with Gasteiger partial charge < -0.3 is 19.3 Å². The summed E-state index contributed by atoms with van der Waals surface area (Å²) >= 11 is 0. The second-order valence-corrected chi connectivity index (χ2v) is 6.52. The van der Waals surface area contributed by atoms with Crippen LogP contribution in [0, 0.1) is 0 Å². The van der Waals surface area contributed by atoms with Gasteiger partial charge in [-0.2, -0.15) is 0 Å². The third-order valence-corrected chi connectivity index (χ3v) is 4.46. The molecule has 0 aliphatic carbocycles. The van der Waals surface area contributed by atoms with Crippen molar-refractivity contribution in [3.63, 3.8) is 0 Å². The molecule has 0 spiro atoms. The number of rotatable bonds is 9. The summed E-state index contributed by atoms with van der Waals surface area (Å²) in [6, 6.07) is 20.0. The van der Waals surface area contributed by atoms with Crippen LogP contribution in [0.4, 0.5) is 0 Å². The number of carbonyl (C=O) groups is 1. The third-order valence-electron chi connectivity index (χ3n) is 4.46. The highest BCUT2D eigenvalue weighted by Crippen LogP contribution is 2.28. The molecule has 0 aromatic heterocycles. The van der Waals surface area contributed by atoms with E-state index in [0.29, 0.717) is 24.7 Å². The fourth-order valence-electron chi connectivity index (χ4n) is 2.78. The lowest BCUT2D eigenvalue weighted by molar-refractivity contribution is 0.0697. The summed E-state index contributed by atoms with van der Waals surface area (Å²) in [7, 11) is 3.23.